The van der Waals surface area contributed by atoms with Gasteiger partial charge in [-0.2, -0.15) is 9.57 Å². The van der Waals surface area contributed by atoms with Gasteiger partial charge in [-0.25, -0.2) is 13.4 Å². The maximum atomic E-state index is 12.5. The Balaban J connectivity index is 2.29. The highest BCUT2D eigenvalue weighted by Crippen LogP contribution is 2.32. The van der Waals surface area contributed by atoms with E-state index < -0.39 is 10.0 Å². The molecule has 0 radical (unpaired) electrons. The standard InChI is InChI=1S/C13H17N3O2S/c1-10(2)16(9-11-3-4-11)19(17,18)13-6-5-12(7-14)15-8-13/h5-6,8,10-11H,3-4,9H2,1-2H3. The van der Waals surface area contributed by atoms with Crippen molar-refractivity contribution in [2.75, 3.05) is 6.54 Å². The lowest BCUT2D eigenvalue weighted by molar-refractivity contribution is 0.341. The summed E-state index contributed by atoms with van der Waals surface area (Å²) in [7, 11) is -3.52. The third-order valence-corrected chi connectivity index (χ3v) is 5.19. The summed E-state index contributed by atoms with van der Waals surface area (Å²) < 4.78 is 26.6. The van der Waals surface area contributed by atoms with Gasteiger partial charge >= 0.3 is 0 Å². The van der Waals surface area contributed by atoms with Crippen LogP contribution in [-0.4, -0.2) is 30.3 Å². The van der Waals surface area contributed by atoms with E-state index in [1.807, 2.05) is 19.9 Å². The molecule has 5 nitrogen and oxygen atoms in total. The summed E-state index contributed by atoms with van der Waals surface area (Å²) in [6.45, 7) is 4.31. The van der Waals surface area contributed by atoms with Crippen molar-refractivity contribution < 1.29 is 8.42 Å². The van der Waals surface area contributed by atoms with E-state index in [1.54, 1.807) is 0 Å². The fourth-order valence-corrected chi connectivity index (χ4v) is 3.53. The van der Waals surface area contributed by atoms with Gasteiger partial charge in [0.2, 0.25) is 10.0 Å². The van der Waals surface area contributed by atoms with Crippen LogP contribution < -0.4 is 0 Å². The Kier molecular flexibility index (Phi) is 3.88. The zero-order valence-electron chi connectivity index (χ0n) is 11.1. The lowest BCUT2D eigenvalue weighted by Gasteiger charge is -2.25. The highest BCUT2D eigenvalue weighted by molar-refractivity contribution is 7.89. The topological polar surface area (TPSA) is 74.1 Å². The van der Waals surface area contributed by atoms with E-state index in [1.165, 1.54) is 22.6 Å². The summed E-state index contributed by atoms with van der Waals surface area (Å²) in [5.74, 6) is 0.489. The van der Waals surface area contributed by atoms with E-state index in [4.69, 9.17) is 5.26 Å². The smallest absolute Gasteiger partial charge is 0.244 e. The van der Waals surface area contributed by atoms with Gasteiger partial charge < -0.3 is 0 Å². The fraction of sp³-hybridized carbons (Fsp3) is 0.538. The molecule has 1 aliphatic carbocycles. The van der Waals surface area contributed by atoms with E-state index in [0.717, 1.165) is 12.8 Å². The summed E-state index contributed by atoms with van der Waals surface area (Å²) in [5.41, 5.74) is 0.220. The fourth-order valence-electron chi connectivity index (χ4n) is 1.88. The van der Waals surface area contributed by atoms with Gasteiger partial charge in [0.1, 0.15) is 16.7 Å². The Bertz CT molecular complexity index is 583. The molecule has 0 N–H and O–H groups in total. The minimum absolute atomic E-state index is 0.0822. The number of sulfonamides is 1. The van der Waals surface area contributed by atoms with Crippen LogP contribution in [0.25, 0.3) is 0 Å². The van der Waals surface area contributed by atoms with E-state index in [9.17, 15) is 8.42 Å². The molecule has 0 bridgehead atoms. The van der Waals surface area contributed by atoms with Crippen LogP contribution in [0.15, 0.2) is 23.2 Å². The molecule has 0 saturated heterocycles. The van der Waals surface area contributed by atoms with Crippen LogP contribution in [0.5, 0.6) is 0 Å². The third-order valence-electron chi connectivity index (χ3n) is 3.17. The first-order chi connectivity index (χ1) is 8.95. The summed E-state index contributed by atoms with van der Waals surface area (Å²) in [6, 6.07) is 4.68. The number of hydrogen-bond donors (Lipinski definition) is 0. The minimum atomic E-state index is -3.52. The normalized spacial score (nSPS) is 15.7. The number of nitriles is 1. The van der Waals surface area contributed by atoms with Crippen molar-refractivity contribution in [1.82, 2.24) is 9.29 Å². The Morgan fingerprint density at radius 2 is 2.16 bits per heavy atom. The van der Waals surface area contributed by atoms with Crippen LogP contribution >= 0.6 is 0 Å². The van der Waals surface area contributed by atoms with Crippen LogP contribution in [0.1, 0.15) is 32.4 Å². The molecule has 1 aromatic rings. The second-order valence-electron chi connectivity index (χ2n) is 5.10. The zero-order valence-corrected chi connectivity index (χ0v) is 11.9. The minimum Gasteiger partial charge on any atom is -0.244 e. The molecule has 19 heavy (non-hydrogen) atoms. The summed E-state index contributed by atoms with van der Waals surface area (Å²) in [4.78, 5) is 3.99. The SMILES string of the molecule is CC(C)N(CC1CC1)S(=O)(=O)c1ccc(C#N)nc1. The molecular weight excluding hydrogens is 262 g/mol. The van der Waals surface area contributed by atoms with E-state index in [0.29, 0.717) is 12.5 Å². The van der Waals surface area contributed by atoms with E-state index in [2.05, 4.69) is 4.98 Å². The second-order valence-corrected chi connectivity index (χ2v) is 6.99. The average Bonchev–Trinajstić information content (AvgIpc) is 3.19. The van der Waals surface area contributed by atoms with Crippen molar-refractivity contribution in [2.24, 2.45) is 5.92 Å². The number of nitrogens with zero attached hydrogens (tertiary/aromatic N) is 3. The van der Waals surface area contributed by atoms with Crippen LogP contribution in [0.4, 0.5) is 0 Å². The molecule has 1 aromatic heterocycles. The molecule has 0 aromatic carbocycles. The quantitative estimate of drug-likeness (QED) is 0.823. The summed E-state index contributed by atoms with van der Waals surface area (Å²) in [5, 5.41) is 8.68. The Morgan fingerprint density at radius 1 is 1.47 bits per heavy atom. The summed E-state index contributed by atoms with van der Waals surface area (Å²) >= 11 is 0. The van der Waals surface area contributed by atoms with Crippen molar-refractivity contribution in [3.05, 3.63) is 24.0 Å². The highest BCUT2D eigenvalue weighted by Gasteiger charge is 2.33. The Labute approximate surface area is 113 Å². The third kappa shape index (κ3) is 3.11. The molecular formula is C13H17N3O2S. The van der Waals surface area contributed by atoms with Crippen LogP contribution in [-0.2, 0) is 10.0 Å². The predicted octanol–water partition coefficient (Wildman–Crippen LogP) is 1.76. The van der Waals surface area contributed by atoms with Gasteiger partial charge in [-0.05, 0) is 44.7 Å². The number of pyridine rings is 1. The first-order valence-electron chi connectivity index (χ1n) is 6.33. The van der Waals surface area contributed by atoms with Crippen molar-refractivity contribution in [1.29, 1.82) is 5.26 Å². The molecule has 0 atom stereocenters. The van der Waals surface area contributed by atoms with Crippen molar-refractivity contribution in [2.45, 2.75) is 37.6 Å². The first-order valence-corrected chi connectivity index (χ1v) is 7.77. The molecule has 0 amide bonds. The molecule has 0 spiro atoms. The van der Waals surface area contributed by atoms with Gasteiger partial charge in [0.25, 0.3) is 0 Å². The monoisotopic (exact) mass is 279 g/mol. The Hall–Kier alpha value is -1.45. The lowest BCUT2D eigenvalue weighted by atomic mass is 10.3. The maximum absolute atomic E-state index is 12.5. The van der Waals surface area contributed by atoms with Crippen LogP contribution in [0.3, 0.4) is 0 Å². The van der Waals surface area contributed by atoms with Crippen molar-refractivity contribution in [3.63, 3.8) is 0 Å². The number of rotatable bonds is 5. The van der Waals surface area contributed by atoms with Gasteiger partial charge in [-0.1, -0.05) is 0 Å². The molecule has 0 unspecified atom stereocenters. The number of hydrogen-bond acceptors (Lipinski definition) is 4. The van der Waals surface area contributed by atoms with E-state index >= 15 is 0 Å². The Morgan fingerprint density at radius 3 is 2.58 bits per heavy atom. The van der Waals surface area contributed by atoms with Gasteiger partial charge in [-0.15, -0.1) is 0 Å². The average molecular weight is 279 g/mol. The molecule has 102 valence electrons. The molecule has 0 aliphatic heterocycles. The molecule has 1 fully saturated rings. The second kappa shape index (κ2) is 5.27. The number of aromatic nitrogens is 1. The predicted molar refractivity (Wildman–Crippen MR) is 70.7 cm³/mol. The molecule has 1 saturated carbocycles. The molecule has 2 rings (SSSR count). The largest absolute Gasteiger partial charge is 0.244 e. The zero-order chi connectivity index (χ0) is 14.0. The lowest BCUT2D eigenvalue weighted by Crippen LogP contribution is -2.38. The maximum Gasteiger partial charge on any atom is 0.244 e. The van der Waals surface area contributed by atoms with Crippen molar-refractivity contribution >= 4 is 10.0 Å². The molecule has 1 aliphatic rings. The van der Waals surface area contributed by atoms with E-state index in [-0.39, 0.29) is 16.6 Å². The molecule has 6 heteroatoms. The van der Waals surface area contributed by atoms with Gasteiger partial charge in [-0.3, -0.25) is 0 Å². The van der Waals surface area contributed by atoms with Gasteiger partial charge in [0.05, 0.1) is 0 Å². The molecule has 1 heterocycles. The highest BCUT2D eigenvalue weighted by atomic mass is 32.2. The summed E-state index contributed by atoms with van der Waals surface area (Å²) in [6.07, 6.45) is 3.46. The van der Waals surface area contributed by atoms with Crippen LogP contribution in [0.2, 0.25) is 0 Å². The van der Waals surface area contributed by atoms with Gasteiger partial charge in [0.15, 0.2) is 0 Å². The van der Waals surface area contributed by atoms with Gasteiger partial charge in [0, 0.05) is 18.8 Å². The van der Waals surface area contributed by atoms with Crippen LogP contribution in [0, 0.1) is 17.2 Å². The first kappa shape index (κ1) is 14.0. The van der Waals surface area contributed by atoms with Crippen molar-refractivity contribution in [3.8, 4) is 6.07 Å².